The highest BCUT2D eigenvalue weighted by Gasteiger charge is 2.18. The second-order valence-electron chi connectivity index (χ2n) is 3.92. The van der Waals surface area contributed by atoms with E-state index in [4.69, 9.17) is 4.42 Å². The zero-order valence-corrected chi connectivity index (χ0v) is 10.0. The summed E-state index contributed by atoms with van der Waals surface area (Å²) in [7, 11) is 0. The van der Waals surface area contributed by atoms with Crippen LogP contribution in [0.25, 0.3) is 0 Å². The first kappa shape index (κ1) is 10.9. The van der Waals surface area contributed by atoms with Crippen molar-refractivity contribution in [3.63, 3.8) is 0 Å². The summed E-state index contributed by atoms with van der Waals surface area (Å²) >= 11 is 3.29. The van der Waals surface area contributed by atoms with Gasteiger partial charge in [0.1, 0.15) is 0 Å². The Balaban J connectivity index is 1.84. The van der Waals surface area contributed by atoms with E-state index in [1.165, 1.54) is 12.7 Å². The average Bonchev–Trinajstić information content (AvgIpc) is 2.84. The number of Topliss-reactive ketones (excluding diaryl/α,β-unsaturated/α-hetero) is 1. The zero-order chi connectivity index (χ0) is 10.7. The molecule has 1 aromatic rings. The fourth-order valence-corrected chi connectivity index (χ4v) is 2.32. The number of hydrogen-bond donors (Lipinski definition) is 1. The van der Waals surface area contributed by atoms with Crippen LogP contribution in [0.3, 0.4) is 0 Å². The molecule has 1 atom stereocenters. The standard InChI is InChI=1S/C11H14BrNO2/c12-9-4-6-15-11(9)10(14)2-1-8-3-5-13-7-8/h4,6,8,13H,1-3,5,7H2. The molecule has 1 unspecified atom stereocenters. The summed E-state index contributed by atoms with van der Waals surface area (Å²) in [6, 6.07) is 1.75. The van der Waals surface area contributed by atoms with Crippen LogP contribution in [0.4, 0.5) is 0 Å². The number of furan rings is 1. The van der Waals surface area contributed by atoms with Crippen molar-refractivity contribution in [1.29, 1.82) is 0 Å². The molecule has 1 aliphatic heterocycles. The molecular formula is C11H14BrNO2. The molecule has 0 amide bonds. The van der Waals surface area contributed by atoms with Crippen LogP contribution >= 0.6 is 15.9 Å². The van der Waals surface area contributed by atoms with Gasteiger partial charge in [0.2, 0.25) is 0 Å². The zero-order valence-electron chi connectivity index (χ0n) is 8.46. The lowest BCUT2D eigenvalue weighted by atomic mass is 10.0. The summed E-state index contributed by atoms with van der Waals surface area (Å²) < 4.78 is 5.89. The lowest BCUT2D eigenvalue weighted by Crippen LogP contribution is -2.10. The van der Waals surface area contributed by atoms with E-state index in [9.17, 15) is 4.79 Å². The van der Waals surface area contributed by atoms with Crippen molar-refractivity contribution >= 4 is 21.7 Å². The molecule has 1 saturated heterocycles. The van der Waals surface area contributed by atoms with E-state index in [2.05, 4.69) is 21.2 Å². The molecule has 1 N–H and O–H groups in total. The molecule has 0 aliphatic carbocycles. The first-order valence-corrected chi connectivity index (χ1v) is 6.03. The summed E-state index contributed by atoms with van der Waals surface area (Å²) in [5.41, 5.74) is 0. The molecule has 0 spiro atoms. The predicted octanol–water partition coefficient (Wildman–Crippen LogP) is 2.61. The van der Waals surface area contributed by atoms with Gasteiger partial charge in [-0.2, -0.15) is 0 Å². The van der Waals surface area contributed by atoms with Crippen molar-refractivity contribution in [2.24, 2.45) is 5.92 Å². The van der Waals surface area contributed by atoms with Gasteiger partial charge in [0.15, 0.2) is 11.5 Å². The molecular weight excluding hydrogens is 258 g/mol. The van der Waals surface area contributed by atoms with E-state index >= 15 is 0 Å². The van der Waals surface area contributed by atoms with Crippen LogP contribution in [-0.4, -0.2) is 18.9 Å². The van der Waals surface area contributed by atoms with E-state index in [0.717, 1.165) is 24.0 Å². The molecule has 4 heteroatoms. The Kier molecular flexibility index (Phi) is 3.59. The summed E-state index contributed by atoms with van der Waals surface area (Å²) in [4.78, 5) is 11.7. The minimum atomic E-state index is 0.0961. The van der Waals surface area contributed by atoms with E-state index in [1.54, 1.807) is 6.07 Å². The van der Waals surface area contributed by atoms with Crippen molar-refractivity contribution in [2.45, 2.75) is 19.3 Å². The van der Waals surface area contributed by atoms with Crippen LogP contribution in [0.5, 0.6) is 0 Å². The predicted molar refractivity (Wildman–Crippen MR) is 60.9 cm³/mol. The molecule has 1 aromatic heterocycles. The number of hydrogen-bond acceptors (Lipinski definition) is 3. The minimum Gasteiger partial charge on any atom is -0.460 e. The summed E-state index contributed by atoms with van der Waals surface area (Å²) in [6.07, 6.45) is 4.26. The monoisotopic (exact) mass is 271 g/mol. The van der Waals surface area contributed by atoms with E-state index < -0.39 is 0 Å². The number of ketones is 1. The van der Waals surface area contributed by atoms with Gasteiger partial charge in [-0.1, -0.05) is 0 Å². The molecule has 0 saturated carbocycles. The third-order valence-electron chi connectivity index (χ3n) is 2.81. The fraction of sp³-hybridized carbons (Fsp3) is 0.545. The lowest BCUT2D eigenvalue weighted by molar-refractivity contribution is 0.0946. The van der Waals surface area contributed by atoms with Crippen molar-refractivity contribution in [1.82, 2.24) is 5.32 Å². The van der Waals surface area contributed by atoms with Gasteiger partial charge >= 0.3 is 0 Å². The molecule has 3 nitrogen and oxygen atoms in total. The van der Waals surface area contributed by atoms with Gasteiger partial charge in [0.25, 0.3) is 0 Å². The number of carbonyl (C=O) groups excluding carboxylic acids is 1. The number of rotatable bonds is 4. The van der Waals surface area contributed by atoms with Gasteiger partial charge in [-0.25, -0.2) is 0 Å². The topological polar surface area (TPSA) is 42.2 Å². The summed E-state index contributed by atoms with van der Waals surface area (Å²) in [5, 5.41) is 3.30. The molecule has 2 heterocycles. The second kappa shape index (κ2) is 4.94. The summed E-state index contributed by atoms with van der Waals surface area (Å²) in [6.45, 7) is 2.13. The highest BCUT2D eigenvalue weighted by molar-refractivity contribution is 9.10. The van der Waals surface area contributed by atoms with Crippen LogP contribution in [0.2, 0.25) is 0 Å². The van der Waals surface area contributed by atoms with Crippen LogP contribution < -0.4 is 5.32 Å². The Hall–Kier alpha value is -0.610. The van der Waals surface area contributed by atoms with Gasteiger partial charge in [-0.05, 0) is 53.8 Å². The third kappa shape index (κ3) is 2.69. The van der Waals surface area contributed by atoms with Gasteiger partial charge in [-0.15, -0.1) is 0 Å². The molecule has 82 valence electrons. The lowest BCUT2D eigenvalue weighted by Gasteiger charge is -2.05. The number of halogens is 1. The third-order valence-corrected chi connectivity index (χ3v) is 3.44. The van der Waals surface area contributed by atoms with Crippen molar-refractivity contribution < 1.29 is 9.21 Å². The molecule has 15 heavy (non-hydrogen) atoms. The molecule has 0 radical (unpaired) electrons. The van der Waals surface area contributed by atoms with Gasteiger partial charge in [0, 0.05) is 6.42 Å². The molecule has 1 fully saturated rings. The molecule has 0 aromatic carbocycles. The maximum atomic E-state index is 11.7. The Bertz CT molecular complexity index is 342. The molecule has 0 bridgehead atoms. The SMILES string of the molecule is O=C(CCC1CCNC1)c1occc1Br. The van der Waals surface area contributed by atoms with Crippen molar-refractivity contribution in [3.8, 4) is 0 Å². The minimum absolute atomic E-state index is 0.0961. The second-order valence-corrected chi connectivity index (χ2v) is 4.77. The first-order chi connectivity index (χ1) is 7.27. The van der Waals surface area contributed by atoms with E-state index in [-0.39, 0.29) is 5.78 Å². The van der Waals surface area contributed by atoms with Crippen LogP contribution in [0.1, 0.15) is 29.8 Å². The Morgan fingerprint density at radius 3 is 3.13 bits per heavy atom. The number of nitrogens with one attached hydrogen (secondary N) is 1. The fourth-order valence-electron chi connectivity index (χ4n) is 1.90. The largest absolute Gasteiger partial charge is 0.460 e. The normalized spacial score (nSPS) is 20.7. The van der Waals surface area contributed by atoms with Gasteiger partial charge in [-0.3, -0.25) is 4.79 Å². The Morgan fingerprint density at radius 2 is 2.53 bits per heavy atom. The van der Waals surface area contributed by atoms with Gasteiger partial charge < -0.3 is 9.73 Å². The Morgan fingerprint density at radius 1 is 1.67 bits per heavy atom. The highest BCUT2D eigenvalue weighted by atomic mass is 79.9. The summed E-state index contributed by atoms with van der Waals surface area (Å²) in [5.74, 6) is 1.21. The van der Waals surface area contributed by atoms with Crippen molar-refractivity contribution in [2.75, 3.05) is 13.1 Å². The average molecular weight is 272 g/mol. The maximum absolute atomic E-state index is 11.7. The number of carbonyl (C=O) groups is 1. The quantitative estimate of drug-likeness (QED) is 0.857. The first-order valence-electron chi connectivity index (χ1n) is 5.24. The Labute approximate surface area is 97.4 Å². The van der Waals surface area contributed by atoms with Crippen molar-refractivity contribution in [3.05, 3.63) is 22.6 Å². The van der Waals surface area contributed by atoms with Crippen LogP contribution in [0, 0.1) is 5.92 Å². The van der Waals surface area contributed by atoms with E-state index in [0.29, 0.717) is 18.1 Å². The highest BCUT2D eigenvalue weighted by Crippen LogP contribution is 2.22. The molecule has 1 aliphatic rings. The van der Waals surface area contributed by atoms with Gasteiger partial charge in [0.05, 0.1) is 10.7 Å². The molecule has 2 rings (SSSR count). The maximum Gasteiger partial charge on any atom is 0.199 e. The van der Waals surface area contributed by atoms with Crippen LogP contribution in [0.15, 0.2) is 21.2 Å². The van der Waals surface area contributed by atoms with E-state index in [1.807, 2.05) is 0 Å². The smallest absolute Gasteiger partial charge is 0.199 e. The van der Waals surface area contributed by atoms with Crippen LogP contribution in [-0.2, 0) is 0 Å².